The topological polar surface area (TPSA) is 9.23 Å². The fourth-order valence-electron chi connectivity index (χ4n) is 2.03. The standard InChI is InChI=1S/C14H31ClOSi/c1-4-5-6-7-8-9-10-11-12-13-14-17(3,15)16-2/h4-14H2,1-3H3. The van der Waals surface area contributed by atoms with Crippen molar-refractivity contribution in [3.05, 3.63) is 0 Å². The molecule has 0 bridgehead atoms. The van der Waals surface area contributed by atoms with Crippen LogP contribution in [0.1, 0.15) is 71.1 Å². The third-order valence-corrected chi connectivity index (χ3v) is 6.53. The van der Waals surface area contributed by atoms with E-state index in [9.17, 15) is 0 Å². The number of hydrogen-bond donors (Lipinski definition) is 0. The first-order valence-corrected chi connectivity index (χ1v) is 11.0. The van der Waals surface area contributed by atoms with Crippen molar-refractivity contribution in [3.63, 3.8) is 0 Å². The Labute approximate surface area is 114 Å². The van der Waals surface area contributed by atoms with Crippen molar-refractivity contribution in [2.75, 3.05) is 7.11 Å². The Hall–Kier alpha value is 0.467. The van der Waals surface area contributed by atoms with Crippen molar-refractivity contribution in [2.24, 2.45) is 0 Å². The molecule has 0 saturated heterocycles. The summed E-state index contributed by atoms with van der Waals surface area (Å²) in [6, 6.07) is 1.10. The van der Waals surface area contributed by atoms with Gasteiger partial charge < -0.3 is 4.43 Å². The molecule has 0 heterocycles. The lowest BCUT2D eigenvalue weighted by Crippen LogP contribution is -2.24. The minimum Gasteiger partial charge on any atom is -0.407 e. The summed E-state index contributed by atoms with van der Waals surface area (Å²) in [4.78, 5) is 0. The van der Waals surface area contributed by atoms with Gasteiger partial charge in [-0.25, -0.2) is 0 Å². The lowest BCUT2D eigenvalue weighted by molar-refractivity contribution is 0.413. The van der Waals surface area contributed by atoms with Crippen molar-refractivity contribution in [3.8, 4) is 0 Å². The molecule has 3 heteroatoms. The highest BCUT2D eigenvalue weighted by molar-refractivity contribution is 7.16. The Morgan fingerprint density at radius 2 is 1.24 bits per heavy atom. The van der Waals surface area contributed by atoms with Crippen molar-refractivity contribution >= 4 is 18.7 Å². The number of halogens is 1. The highest BCUT2D eigenvalue weighted by Crippen LogP contribution is 2.20. The second kappa shape index (κ2) is 11.6. The molecule has 0 aliphatic heterocycles. The summed E-state index contributed by atoms with van der Waals surface area (Å²) in [5.41, 5.74) is 0. The molecule has 0 aromatic rings. The molecule has 0 rings (SSSR count). The average molecular weight is 279 g/mol. The summed E-state index contributed by atoms with van der Waals surface area (Å²) in [7, 11) is -0.0498. The van der Waals surface area contributed by atoms with Crippen LogP contribution in [0.2, 0.25) is 12.6 Å². The normalized spacial score (nSPS) is 14.8. The van der Waals surface area contributed by atoms with Crippen LogP contribution in [0.3, 0.4) is 0 Å². The van der Waals surface area contributed by atoms with E-state index in [0.29, 0.717) is 0 Å². The fourth-order valence-corrected chi connectivity index (χ4v) is 3.52. The van der Waals surface area contributed by atoms with Crippen LogP contribution in [-0.2, 0) is 4.43 Å². The van der Waals surface area contributed by atoms with Gasteiger partial charge in [0.2, 0.25) is 0 Å². The lowest BCUT2D eigenvalue weighted by Gasteiger charge is -2.16. The van der Waals surface area contributed by atoms with Crippen LogP contribution in [0, 0.1) is 0 Å². The van der Waals surface area contributed by atoms with Crippen molar-refractivity contribution in [2.45, 2.75) is 83.7 Å². The van der Waals surface area contributed by atoms with E-state index < -0.39 is 7.63 Å². The van der Waals surface area contributed by atoms with Gasteiger partial charge in [0.25, 0.3) is 7.63 Å². The van der Waals surface area contributed by atoms with E-state index >= 15 is 0 Å². The van der Waals surface area contributed by atoms with E-state index in [1.165, 1.54) is 64.2 Å². The molecule has 0 radical (unpaired) electrons. The Morgan fingerprint density at radius 1 is 0.824 bits per heavy atom. The third-order valence-electron chi connectivity index (χ3n) is 3.40. The molecule has 0 aromatic heterocycles. The van der Waals surface area contributed by atoms with Gasteiger partial charge in [-0.3, -0.25) is 0 Å². The van der Waals surface area contributed by atoms with Crippen molar-refractivity contribution < 1.29 is 4.43 Å². The van der Waals surface area contributed by atoms with E-state index in [1.807, 2.05) is 0 Å². The fraction of sp³-hybridized carbons (Fsp3) is 1.00. The highest BCUT2D eigenvalue weighted by Gasteiger charge is 2.23. The van der Waals surface area contributed by atoms with Gasteiger partial charge >= 0.3 is 0 Å². The Morgan fingerprint density at radius 3 is 1.65 bits per heavy atom. The van der Waals surface area contributed by atoms with Crippen LogP contribution in [0.25, 0.3) is 0 Å². The quantitative estimate of drug-likeness (QED) is 0.247. The van der Waals surface area contributed by atoms with Crippen LogP contribution in [0.4, 0.5) is 0 Å². The first-order valence-electron chi connectivity index (χ1n) is 7.36. The second-order valence-electron chi connectivity index (χ2n) is 5.24. The number of rotatable bonds is 12. The maximum atomic E-state index is 6.25. The average Bonchev–Trinajstić information content (AvgIpc) is 2.31. The number of hydrogen-bond acceptors (Lipinski definition) is 1. The van der Waals surface area contributed by atoms with Gasteiger partial charge in [0, 0.05) is 7.11 Å². The van der Waals surface area contributed by atoms with E-state index in [0.717, 1.165) is 6.04 Å². The summed E-state index contributed by atoms with van der Waals surface area (Å²) in [6.07, 6.45) is 13.8. The summed E-state index contributed by atoms with van der Waals surface area (Å²) < 4.78 is 5.32. The summed E-state index contributed by atoms with van der Waals surface area (Å²) >= 11 is 6.25. The minimum atomic E-state index is -1.80. The first kappa shape index (κ1) is 17.5. The molecule has 0 aliphatic rings. The Kier molecular flexibility index (Phi) is 11.9. The summed E-state index contributed by atoms with van der Waals surface area (Å²) in [6.45, 7) is 4.36. The van der Waals surface area contributed by atoms with Gasteiger partial charge in [-0.15, -0.1) is 11.1 Å². The summed E-state index contributed by atoms with van der Waals surface area (Å²) in [5, 5.41) is 0. The molecule has 1 nitrogen and oxygen atoms in total. The SMILES string of the molecule is CCCCCCCCCCCC[Si](C)(Cl)OC. The van der Waals surface area contributed by atoms with E-state index in [-0.39, 0.29) is 0 Å². The zero-order valence-electron chi connectivity index (χ0n) is 12.1. The monoisotopic (exact) mass is 278 g/mol. The van der Waals surface area contributed by atoms with Crippen molar-refractivity contribution in [1.29, 1.82) is 0 Å². The smallest absolute Gasteiger partial charge is 0.286 e. The molecule has 0 aromatic carbocycles. The molecule has 1 atom stereocenters. The maximum Gasteiger partial charge on any atom is 0.286 e. The molecular weight excluding hydrogens is 248 g/mol. The molecule has 0 amide bonds. The predicted octanol–water partition coefficient (Wildman–Crippen LogP) is 5.86. The van der Waals surface area contributed by atoms with Gasteiger partial charge in [0.15, 0.2) is 0 Å². The van der Waals surface area contributed by atoms with Crippen LogP contribution >= 0.6 is 11.1 Å². The number of unbranched alkanes of at least 4 members (excludes halogenated alkanes) is 9. The van der Waals surface area contributed by atoms with E-state index in [1.54, 1.807) is 7.11 Å². The lowest BCUT2D eigenvalue weighted by atomic mass is 10.1. The molecular formula is C14H31ClOSi. The molecule has 17 heavy (non-hydrogen) atoms. The van der Waals surface area contributed by atoms with Crippen LogP contribution in [0.15, 0.2) is 0 Å². The zero-order chi connectivity index (χ0) is 13.0. The van der Waals surface area contributed by atoms with Gasteiger partial charge in [-0.05, 0) is 12.6 Å². The minimum absolute atomic E-state index is 1.10. The molecule has 0 saturated carbocycles. The van der Waals surface area contributed by atoms with Gasteiger partial charge in [-0.1, -0.05) is 71.1 Å². The Bertz CT molecular complexity index is 162. The van der Waals surface area contributed by atoms with Crippen molar-refractivity contribution in [1.82, 2.24) is 0 Å². The molecule has 104 valence electrons. The molecule has 0 fully saturated rings. The largest absolute Gasteiger partial charge is 0.407 e. The molecule has 0 N–H and O–H groups in total. The van der Waals surface area contributed by atoms with Crippen LogP contribution in [0.5, 0.6) is 0 Å². The van der Waals surface area contributed by atoms with Gasteiger partial charge in [-0.2, -0.15) is 0 Å². The molecule has 0 aliphatic carbocycles. The zero-order valence-corrected chi connectivity index (χ0v) is 13.8. The molecule has 1 unspecified atom stereocenters. The van der Waals surface area contributed by atoms with E-state index in [4.69, 9.17) is 15.5 Å². The predicted molar refractivity (Wildman–Crippen MR) is 81.1 cm³/mol. The highest BCUT2D eigenvalue weighted by atomic mass is 35.6. The van der Waals surface area contributed by atoms with Crippen LogP contribution in [-0.4, -0.2) is 14.7 Å². The first-order chi connectivity index (χ1) is 8.12. The summed E-state index contributed by atoms with van der Waals surface area (Å²) in [5.74, 6) is 0. The second-order valence-corrected chi connectivity index (χ2v) is 10.7. The Balaban J connectivity index is 3.09. The van der Waals surface area contributed by atoms with E-state index in [2.05, 4.69) is 13.5 Å². The maximum absolute atomic E-state index is 6.25. The third kappa shape index (κ3) is 12.7. The van der Waals surface area contributed by atoms with Gasteiger partial charge in [0.05, 0.1) is 0 Å². The van der Waals surface area contributed by atoms with Gasteiger partial charge in [0.1, 0.15) is 0 Å². The molecule has 0 spiro atoms. The van der Waals surface area contributed by atoms with Crippen LogP contribution < -0.4 is 0 Å².